The summed E-state index contributed by atoms with van der Waals surface area (Å²) in [5.41, 5.74) is 3.04. The third-order valence-corrected chi connectivity index (χ3v) is 5.87. The van der Waals surface area contributed by atoms with Crippen LogP contribution in [-0.2, 0) is 11.3 Å². The minimum absolute atomic E-state index is 0.205. The molecule has 4 heterocycles. The number of fused-ring (bicyclic) bond motifs is 3. The molecule has 2 unspecified atom stereocenters. The van der Waals surface area contributed by atoms with Crippen LogP contribution in [-0.4, -0.2) is 41.2 Å². The van der Waals surface area contributed by atoms with E-state index in [1.54, 1.807) is 25.3 Å². The van der Waals surface area contributed by atoms with E-state index in [1.165, 1.54) is 6.07 Å². The van der Waals surface area contributed by atoms with Crippen molar-refractivity contribution in [3.05, 3.63) is 65.2 Å². The maximum atomic E-state index is 14.8. The number of amides is 1. The van der Waals surface area contributed by atoms with Gasteiger partial charge in [0.1, 0.15) is 5.82 Å². The van der Waals surface area contributed by atoms with Gasteiger partial charge in [-0.05, 0) is 55.7 Å². The van der Waals surface area contributed by atoms with Crippen LogP contribution < -0.4 is 10.2 Å². The summed E-state index contributed by atoms with van der Waals surface area (Å²) < 4.78 is 20.6. The van der Waals surface area contributed by atoms with Crippen molar-refractivity contribution >= 4 is 22.6 Å². The van der Waals surface area contributed by atoms with Crippen LogP contribution in [0.5, 0.6) is 0 Å². The van der Waals surface area contributed by atoms with Gasteiger partial charge < -0.3 is 15.0 Å². The summed E-state index contributed by atoms with van der Waals surface area (Å²) in [5.74, 6) is -0.502. The Morgan fingerprint density at radius 2 is 2.03 bits per heavy atom. The Labute approximate surface area is 174 Å². The molecule has 1 amide bonds. The lowest BCUT2D eigenvalue weighted by Gasteiger charge is -2.34. The monoisotopic (exact) mass is 406 g/mol. The van der Waals surface area contributed by atoms with Gasteiger partial charge in [0.25, 0.3) is 5.91 Å². The Balaban J connectivity index is 1.28. The van der Waals surface area contributed by atoms with E-state index in [0.29, 0.717) is 28.2 Å². The first kappa shape index (κ1) is 18.9. The molecule has 1 N–H and O–H groups in total. The number of carbonyl (C=O) groups is 1. The number of ether oxygens (including phenoxy) is 1. The molecule has 0 radical (unpaired) electrons. The number of pyridine rings is 2. The van der Waals surface area contributed by atoms with Crippen LogP contribution in [0.3, 0.4) is 0 Å². The third kappa shape index (κ3) is 3.61. The fourth-order valence-corrected chi connectivity index (χ4v) is 4.33. The zero-order valence-corrected chi connectivity index (χ0v) is 16.8. The molecule has 2 aliphatic heterocycles. The van der Waals surface area contributed by atoms with Crippen LogP contribution in [0.1, 0.15) is 34.5 Å². The molecule has 0 spiro atoms. The molecule has 0 aliphatic carbocycles. The average molecular weight is 406 g/mol. The molecule has 3 aromatic rings. The summed E-state index contributed by atoms with van der Waals surface area (Å²) in [4.78, 5) is 23.4. The maximum absolute atomic E-state index is 14.8. The lowest BCUT2D eigenvalue weighted by molar-refractivity contribution is 0.0303. The van der Waals surface area contributed by atoms with Crippen molar-refractivity contribution in [3.63, 3.8) is 0 Å². The van der Waals surface area contributed by atoms with Crippen molar-refractivity contribution in [1.82, 2.24) is 15.3 Å². The summed E-state index contributed by atoms with van der Waals surface area (Å²) in [5, 5.41) is 3.68. The first-order valence-electron chi connectivity index (χ1n) is 10.3. The molecule has 5 rings (SSSR count). The number of rotatable bonds is 4. The lowest BCUT2D eigenvalue weighted by Crippen LogP contribution is -2.43. The highest BCUT2D eigenvalue weighted by Crippen LogP contribution is 2.31. The molecule has 6 nitrogen and oxygen atoms in total. The Morgan fingerprint density at radius 1 is 1.23 bits per heavy atom. The fraction of sp³-hybridized carbons (Fsp3) is 0.348. The smallest absolute Gasteiger partial charge is 0.253 e. The predicted molar refractivity (Wildman–Crippen MR) is 112 cm³/mol. The van der Waals surface area contributed by atoms with Crippen molar-refractivity contribution in [1.29, 1.82) is 0 Å². The molecule has 0 saturated carbocycles. The summed E-state index contributed by atoms with van der Waals surface area (Å²) in [6, 6.07) is 10.6. The van der Waals surface area contributed by atoms with Crippen molar-refractivity contribution in [3.8, 4) is 0 Å². The minimum atomic E-state index is -0.266. The molecular formula is C23H23FN4O2. The van der Waals surface area contributed by atoms with E-state index in [-0.39, 0.29) is 30.5 Å². The average Bonchev–Trinajstić information content (AvgIpc) is 3.09. The zero-order valence-electron chi connectivity index (χ0n) is 16.8. The lowest BCUT2D eigenvalue weighted by atomic mass is 10.1. The van der Waals surface area contributed by atoms with Crippen LogP contribution in [0.15, 0.2) is 42.6 Å². The Bertz CT molecular complexity index is 1110. The molecule has 2 fully saturated rings. The molecule has 2 atom stereocenters. The van der Waals surface area contributed by atoms with Gasteiger partial charge in [-0.1, -0.05) is 6.07 Å². The van der Waals surface area contributed by atoms with Gasteiger partial charge in [0.05, 0.1) is 29.2 Å². The minimum Gasteiger partial charge on any atom is -0.371 e. The van der Waals surface area contributed by atoms with Crippen LogP contribution in [0.2, 0.25) is 0 Å². The highest BCUT2D eigenvalue weighted by Gasteiger charge is 2.34. The number of nitrogens with zero attached hydrogens (tertiary/aromatic N) is 3. The molecule has 154 valence electrons. The molecule has 1 aromatic carbocycles. The largest absolute Gasteiger partial charge is 0.371 e. The van der Waals surface area contributed by atoms with Gasteiger partial charge in [-0.3, -0.25) is 4.79 Å². The van der Waals surface area contributed by atoms with E-state index < -0.39 is 0 Å². The molecule has 2 aliphatic rings. The van der Waals surface area contributed by atoms with E-state index in [1.807, 2.05) is 18.2 Å². The second kappa shape index (κ2) is 7.65. The highest BCUT2D eigenvalue weighted by atomic mass is 19.1. The molecule has 2 bridgehead atoms. The predicted octanol–water partition coefficient (Wildman–Crippen LogP) is 3.37. The van der Waals surface area contributed by atoms with E-state index in [2.05, 4.69) is 20.2 Å². The fourth-order valence-electron chi connectivity index (χ4n) is 4.33. The molecular weight excluding hydrogens is 383 g/mol. The number of hydrogen-bond donors (Lipinski definition) is 1. The van der Waals surface area contributed by atoms with E-state index in [4.69, 9.17) is 4.74 Å². The summed E-state index contributed by atoms with van der Waals surface area (Å²) >= 11 is 0. The number of morpholine rings is 1. The standard InChI is InChI=1S/C23H23FN4O2/c1-14-19(10-16-3-2-8-25-22(16)27-14)23(29)26-11-15-4-7-21(20(24)9-15)28-12-17-5-6-18(13-28)30-17/h2-4,7-10,17-18H,5-6,11-13H2,1H3,(H,26,29). The van der Waals surface area contributed by atoms with Crippen LogP contribution in [0, 0.1) is 12.7 Å². The van der Waals surface area contributed by atoms with Gasteiger partial charge in [-0.2, -0.15) is 0 Å². The molecule has 2 saturated heterocycles. The summed E-state index contributed by atoms with van der Waals surface area (Å²) in [7, 11) is 0. The van der Waals surface area contributed by atoms with Crippen molar-refractivity contribution < 1.29 is 13.9 Å². The Hall–Kier alpha value is -3.06. The van der Waals surface area contributed by atoms with Gasteiger partial charge in [-0.15, -0.1) is 0 Å². The number of benzene rings is 1. The normalized spacial score (nSPS) is 20.5. The van der Waals surface area contributed by atoms with Gasteiger partial charge in [0.2, 0.25) is 0 Å². The molecule has 2 aromatic heterocycles. The first-order chi connectivity index (χ1) is 14.6. The van der Waals surface area contributed by atoms with Crippen LogP contribution in [0.25, 0.3) is 11.0 Å². The Kier molecular flexibility index (Phi) is 4.83. The van der Waals surface area contributed by atoms with Crippen LogP contribution in [0.4, 0.5) is 10.1 Å². The maximum Gasteiger partial charge on any atom is 0.253 e. The van der Waals surface area contributed by atoms with Crippen molar-refractivity contribution in [2.75, 3.05) is 18.0 Å². The number of halogens is 1. The molecule has 30 heavy (non-hydrogen) atoms. The number of hydrogen-bond acceptors (Lipinski definition) is 5. The number of nitrogens with one attached hydrogen (secondary N) is 1. The van der Waals surface area contributed by atoms with E-state index in [9.17, 15) is 9.18 Å². The van der Waals surface area contributed by atoms with Gasteiger partial charge in [0, 0.05) is 31.2 Å². The Morgan fingerprint density at radius 3 is 2.80 bits per heavy atom. The number of anilines is 1. The van der Waals surface area contributed by atoms with Crippen LogP contribution >= 0.6 is 0 Å². The van der Waals surface area contributed by atoms with Crippen molar-refractivity contribution in [2.45, 2.75) is 38.5 Å². The van der Waals surface area contributed by atoms with Gasteiger partial charge in [0.15, 0.2) is 5.65 Å². The number of carbonyl (C=O) groups excluding carboxylic acids is 1. The summed E-state index contributed by atoms with van der Waals surface area (Å²) in [6.45, 7) is 3.49. The zero-order chi connectivity index (χ0) is 20.7. The second-order valence-corrected chi connectivity index (χ2v) is 8.00. The molecule has 7 heteroatoms. The van der Waals surface area contributed by atoms with Gasteiger partial charge in [-0.25, -0.2) is 14.4 Å². The quantitative estimate of drug-likeness (QED) is 0.720. The topological polar surface area (TPSA) is 67.4 Å². The highest BCUT2D eigenvalue weighted by molar-refractivity contribution is 5.98. The SMILES string of the molecule is Cc1nc2ncccc2cc1C(=O)NCc1ccc(N2CC3CCC(C2)O3)c(F)c1. The second-order valence-electron chi connectivity index (χ2n) is 8.00. The number of aryl methyl sites for hydroxylation is 1. The first-order valence-corrected chi connectivity index (χ1v) is 10.3. The van der Waals surface area contributed by atoms with Crippen molar-refractivity contribution in [2.24, 2.45) is 0 Å². The van der Waals surface area contributed by atoms with Gasteiger partial charge >= 0.3 is 0 Å². The summed E-state index contributed by atoms with van der Waals surface area (Å²) in [6.07, 6.45) is 4.18. The third-order valence-electron chi connectivity index (χ3n) is 5.87. The van der Waals surface area contributed by atoms with E-state index >= 15 is 0 Å². The van der Waals surface area contributed by atoms with E-state index in [0.717, 1.165) is 31.3 Å². The number of aromatic nitrogens is 2.